The molecule has 20 heavy (non-hydrogen) atoms. The number of alkyl halides is 3. The molecule has 0 bridgehead atoms. The largest absolute Gasteiger partial charge is 0.390 e. The van der Waals surface area contributed by atoms with Gasteiger partial charge >= 0.3 is 6.18 Å². The maximum atomic E-state index is 12.1. The van der Waals surface area contributed by atoms with Crippen LogP contribution in [0, 0.1) is 0 Å². The highest BCUT2D eigenvalue weighted by molar-refractivity contribution is 9.10. The molecule has 1 aromatic rings. The fourth-order valence-electron chi connectivity index (χ4n) is 1.70. The van der Waals surface area contributed by atoms with Crippen molar-refractivity contribution in [2.75, 3.05) is 20.1 Å². The summed E-state index contributed by atoms with van der Waals surface area (Å²) in [5.74, 6) is 0. The second-order valence-corrected chi connectivity index (χ2v) is 5.96. The predicted octanol–water partition coefficient (Wildman–Crippen LogP) is 4.41. The lowest BCUT2D eigenvalue weighted by molar-refractivity contribution is -0.137. The van der Waals surface area contributed by atoms with Crippen LogP contribution in [-0.2, 0) is 0 Å². The molecule has 1 aromatic carbocycles. The van der Waals surface area contributed by atoms with Crippen molar-refractivity contribution in [3.8, 4) is 0 Å². The molecule has 0 spiro atoms. The van der Waals surface area contributed by atoms with E-state index >= 15 is 0 Å². The third-order valence-corrected chi connectivity index (χ3v) is 3.70. The van der Waals surface area contributed by atoms with Crippen LogP contribution in [0.5, 0.6) is 0 Å². The first-order valence-electron chi connectivity index (χ1n) is 6.07. The quantitative estimate of drug-likeness (QED) is 0.797. The monoisotopic (exact) mass is 373 g/mol. The summed E-state index contributed by atoms with van der Waals surface area (Å²) in [6, 6.07) is 5.14. The van der Waals surface area contributed by atoms with Gasteiger partial charge in [-0.3, -0.25) is 0 Å². The first kappa shape index (κ1) is 17.8. The van der Waals surface area contributed by atoms with Crippen molar-refractivity contribution in [1.82, 2.24) is 4.90 Å². The Morgan fingerprint density at radius 2 is 2.00 bits per heavy atom. The Kier molecular flexibility index (Phi) is 6.78. The highest BCUT2D eigenvalue weighted by atomic mass is 79.9. The zero-order chi connectivity index (χ0) is 15.3. The highest BCUT2D eigenvalue weighted by Crippen LogP contribution is 2.28. The second kappa shape index (κ2) is 7.64. The van der Waals surface area contributed by atoms with Gasteiger partial charge in [0.1, 0.15) is 0 Å². The summed E-state index contributed by atoms with van der Waals surface area (Å²) in [4.78, 5) is 1.55. The van der Waals surface area contributed by atoms with Gasteiger partial charge in [0.25, 0.3) is 0 Å². The number of rotatable bonds is 6. The van der Waals surface area contributed by atoms with Crippen LogP contribution >= 0.6 is 27.5 Å². The SMILES string of the molecule is CN(CCC(O)c1ccc(Br)cc1Cl)CCC(F)(F)F. The van der Waals surface area contributed by atoms with Gasteiger partial charge in [0, 0.05) is 22.6 Å². The molecule has 2 nitrogen and oxygen atoms in total. The van der Waals surface area contributed by atoms with E-state index in [1.165, 1.54) is 0 Å². The Balaban J connectivity index is 2.44. The molecule has 0 heterocycles. The number of nitrogens with zero attached hydrogens (tertiary/aromatic N) is 1. The molecule has 0 aliphatic carbocycles. The fraction of sp³-hybridized carbons (Fsp3) is 0.538. The second-order valence-electron chi connectivity index (χ2n) is 4.64. The van der Waals surface area contributed by atoms with Gasteiger partial charge in [-0.25, -0.2) is 0 Å². The van der Waals surface area contributed by atoms with Gasteiger partial charge in [-0.1, -0.05) is 33.6 Å². The average Bonchev–Trinajstić information content (AvgIpc) is 2.32. The van der Waals surface area contributed by atoms with Gasteiger partial charge in [-0.15, -0.1) is 0 Å². The Morgan fingerprint density at radius 3 is 2.55 bits per heavy atom. The van der Waals surface area contributed by atoms with E-state index in [-0.39, 0.29) is 6.54 Å². The van der Waals surface area contributed by atoms with Crippen molar-refractivity contribution >= 4 is 27.5 Å². The van der Waals surface area contributed by atoms with Crippen LogP contribution in [0.3, 0.4) is 0 Å². The molecule has 0 amide bonds. The Bertz CT molecular complexity index is 442. The molecule has 0 saturated heterocycles. The molecule has 0 saturated carbocycles. The van der Waals surface area contributed by atoms with Crippen molar-refractivity contribution in [2.45, 2.75) is 25.1 Å². The summed E-state index contributed by atoms with van der Waals surface area (Å²) in [5, 5.41) is 10.5. The minimum atomic E-state index is -4.15. The zero-order valence-electron chi connectivity index (χ0n) is 10.9. The molecule has 1 atom stereocenters. The summed E-state index contributed by atoms with van der Waals surface area (Å²) in [6.45, 7) is 0.286. The molecule has 0 radical (unpaired) electrons. The van der Waals surface area contributed by atoms with Gasteiger partial charge in [-0.2, -0.15) is 13.2 Å². The van der Waals surface area contributed by atoms with E-state index in [1.54, 1.807) is 30.1 Å². The van der Waals surface area contributed by atoms with Crippen LogP contribution in [0.2, 0.25) is 5.02 Å². The van der Waals surface area contributed by atoms with Crippen LogP contribution in [-0.4, -0.2) is 36.3 Å². The molecule has 1 N–H and O–H groups in total. The van der Waals surface area contributed by atoms with E-state index in [2.05, 4.69) is 15.9 Å². The van der Waals surface area contributed by atoms with E-state index in [0.717, 1.165) is 4.47 Å². The maximum absolute atomic E-state index is 12.1. The Hall–Kier alpha value is -0.300. The predicted molar refractivity (Wildman–Crippen MR) is 76.9 cm³/mol. The lowest BCUT2D eigenvalue weighted by atomic mass is 10.1. The Labute approximate surface area is 129 Å². The van der Waals surface area contributed by atoms with E-state index in [9.17, 15) is 18.3 Å². The maximum Gasteiger partial charge on any atom is 0.390 e. The molecule has 1 unspecified atom stereocenters. The van der Waals surface area contributed by atoms with Crippen LogP contribution in [0.4, 0.5) is 13.2 Å². The first-order chi connectivity index (χ1) is 9.19. The van der Waals surface area contributed by atoms with Gasteiger partial charge in [0.05, 0.1) is 12.5 Å². The standard InChI is InChI=1S/C13H16BrClF3NO/c1-19(7-5-13(16,17)18)6-4-12(20)10-3-2-9(14)8-11(10)15/h2-3,8,12,20H,4-7H2,1H3. The van der Waals surface area contributed by atoms with Crippen LogP contribution in [0.25, 0.3) is 0 Å². The van der Waals surface area contributed by atoms with Crippen molar-refractivity contribution in [3.05, 3.63) is 33.3 Å². The summed E-state index contributed by atoms with van der Waals surface area (Å²) in [7, 11) is 1.60. The molecule has 1 rings (SSSR count). The smallest absolute Gasteiger partial charge is 0.388 e. The molecular formula is C13H16BrClF3NO. The average molecular weight is 375 g/mol. The van der Waals surface area contributed by atoms with Gasteiger partial charge in [0.2, 0.25) is 0 Å². The van der Waals surface area contributed by atoms with Crippen molar-refractivity contribution in [3.63, 3.8) is 0 Å². The summed E-state index contributed by atoms with van der Waals surface area (Å²) >= 11 is 9.27. The first-order valence-corrected chi connectivity index (χ1v) is 7.24. The van der Waals surface area contributed by atoms with E-state index in [0.29, 0.717) is 23.6 Å². The minimum Gasteiger partial charge on any atom is -0.388 e. The summed E-state index contributed by atoms with van der Waals surface area (Å²) in [5.41, 5.74) is 0.582. The fourth-order valence-corrected chi connectivity index (χ4v) is 2.50. The molecule has 0 aliphatic rings. The third kappa shape index (κ3) is 6.43. The van der Waals surface area contributed by atoms with Crippen LogP contribution in [0.1, 0.15) is 24.5 Å². The van der Waals surface area contributed by atoms with E-state index < -0.39 is 18.7 Å². The van der Waals surface area contributed by atoms with Crippen molar-refractivity contribution < 1.29 is 18.3 Å². The number of halogens is 5. The molecule has 0 aromatic heterocycles. The molecule has 114 valence electrons. The summed E-state index contributed by atoms with van der Waals surface area (Å²) < 4.78 is 37.0. The number of benzene rings is 1. The van der Waals surface area contributed by atoms with E-state index in [4.69, 9.17) is 11.6 Å². The Morgan fingerprint density at radius 1 is 1.35 bits per heavy atom. The number of hydrogen-bond donors (Lipinski definition) is 1. The van der Waals surface area contributed by atoms with Crippen LogP contribution < -0.4 is 0 Å². The van der Waals surface area contributed by atoms with Gasteiger partial charge in [-0.05, 0) is 31.2 Å². The molecule has 0 aliphatic heterocycles. The molecular weight excluding hydrogens is 358 g/mol. The van der Waals surface area contributed by atoms with Gasteiger partial charge < -0.3 is 10.0 Å². The summed E-state index contributed by atoms with van der Waals surface area (Å²) in [6.07, 6.45) is -5.46. The minimum absolute atomic E-state index is 0.0791. The number of aliphatic hydroxyl groups excluding tert-OH is 1. The number of hydrogen-bond acceptors (Lipinski definition) is 2. The number of aliphatic hydroxyl groups is 1. The lowest BCUT2D eigenvalue weighted by Gasteiger charge is -2.20. The highest BCUT2D eigenvalue weighted by Gasteiger charge is 2.27. The third-order valence-electron chi connectivity index (χ3n) is 2.88. The topological polar surface area (TPSA) is 23.5 Å². The van der Waals surface area contributed by atoms with Crippen LogP contribution in [0.15, 0.2) is 22.7 Å². The van der Waals surface area contributed by atoms with Gasteiger partial charge in [0.15, 0.2) is 0 Å². The normalized spacial score (nSPS) is 13.8. The zero-order valence-corrected chi connectivity index (χ0v) is 13.3. The molecule has 0 fully saturated rings. The lowest BCUT2D eigenvalue weighted by Crippen LogP contribution is -2.26. The van der Waals surface area contributed by atoms with Crippen molar-refractivity contribution in [2.24, 2.45) is 0 Å². The van der Waals surface area contributed by atoms with Crippen molar-refractivity contribution in [1.29, 1.82) is 0 Å². The van der Waals surface area contributed by atoms with E-state index in [1.807, 2.05) is 0 Å². The molecule has 7 heteroatoms.